The molecule has 0 fully saturated rings. The van der Waals surface area contributed by atoms with Crippen molar-refractivity contribution in [3.05, 3.63) is 29.9 Å². The SMILES string of the molecule is Cc1ccc(-c2nc(C(C)N)co2)o1. The highest BCUT2D eigenvalue weighted by atomic mass is 16.4. The quantitative estimate of drug-likeness (QED) is 0.792. The van der Waals surface area contributed by atoms with Gasteiger partial charge in [0.25, 0.3) is 5.89 Å². The number of furan rings is 1. The van der Waals surface area contributed by atoms with E-state index in [9.17, 15) is 0 Å². The zero-order valence-corrected chi connectivity index (χ0v) is 8.15. The molecule has 0 bridgehead atoms. The predicted molar refractivity (Wildman–Crippen MR) is 51.5 cm³/mol. The first kappa shape index (κ1) is 9.02. The van der Waals surface area contributed by atoms with E-state index in [0.717, 1.165) is 11.5 Å². The van der Waals surface area contributed by atoms with Crippen LogP contribution in [0.15, 0.2) is 27.2 Å². The Balaban J connectivity index is 2.33. The maximum atomic E-state index is 5.66. The zero-order valence-electron chi connectivity index (χ0n) is 8.15. The minimum Gasteiger partial charge on any atom is -0.456 e. The Morgan fingerprint density at radius 2 is 2.21 bits per heavy atom. The molecular weight excluding hydrogens is 180 g/mol. The maximum Gasteiger partial charge on any atom is 0.263 e. The molecule has 2 N–H and O–H groups in total. The molecule has 0 radical (unpaired) electrons. The van der Waals surface area contributed by atoms with Crippen LogP contribution in [0.3, 0.4) is 0 Å². The van der Waals surface area contributed by atoms with Gasteiger partial charge in [-0.1, -0.05) is 0 Å². The van der Waals surface area contributed by atoms with Gasteiger partial charge in [0.15, 0.2) is 5.76 Å². The van der Waals surface area contributed by atoms with Gasteiger partial charge in [0, 0.05) is 6.04 Å². The normalized spacial score (nSPS) is 13.1. The van der Waals surface area contributed by atoms with Crippen LogP contribution in [0.2, 0.25) is 0 Å². The average molecular weight is 192 g/mol. The van der Waals surface area contributed by atoms with Crippen LogP contribution in [0.25, 0.3) is 11.7 Å². The third-order valence-electron chi connectivity index (χ3n) is 1.94. The van der Waals surface area contributed by atoms with Crippen molar-refractivity contribution in [2.24, 2.45) is 5.73 Å². The highest BCUT2D eigenvalue weighted by molar-refractivity contribution is 5.44. The van der Waals surface area contributed by atoms with Crippen molar-refractivity contribution in [1.29, 1.82) is 0 Å². The van der Waals surface area contributed by atoms with Crippen molar-refractivity contribution in [3.63, 3.8) is 0 Å². The second-order valence-electron chi connectivity index (χ2n) is 3.28. The van der Waals surface area contributed by atoms with E-state index in [2.05, 4.69) is 4.98 Å². The second-order valence-corrected chi connectivity index (χ2v) is 3.28. The van der Waals surface area contributed by atoms with Gasteiger partial charge < -0.3 is 14.6 Å². The molecule has 0 amide bonds. The topological polar surface area (TPSA) is 65.2 Å². The van der Waals surface area contributed by atoms with Crippen molar-refractivity contribution in [2.75, 3.05) is 0 Å². The summed E-state index contributed by atoms with van der Waals surface area (Å²) in [6.07, 6.45) is 1.55. The molecule has 0 saturated carbocycles. The number of oxazole rings is 1. The minimum absolute atomic E-state index is 0.122. The average Bonchev–Trinajstić information content (AvgIpc) is 2.70. The van der Waals surface area contributed by atoms with Crippen LogP contribution >= 0.6 is 0 Å². The molecule has 4 nitrogen and oxygen atoms in total. The molecule has 0 saturated heterocycles. The summed E-state index contributed by atoms with van der Waals surface area (Å²) < 4.78 is 10.6. The fourth-order valence-electron chi connectivity index (χ4n) is 1.16. The molecule has 2 aromatic heterocycles. The molecule has 1 atom stereocenters. The summed E-state index contributed by atoms with van der Waals surface area (Å²) in [5, 5.41) is 0. The number of hydrogen-bond donors (Lipinski definition) is 1. The smallest absolute Gasteiger partial charge is 0.263 e. The number of nitrogens with zero attached hydrogens (tertiary/aromatic N) is 1. The zero-order chi connectivity index (χ0) is 10.1. The van der Waals surface area contributed by atoms with Crippen LogP contribution in [-0.2, 0) is 0 Å². The van der Waals surface area contributed by atoms with Crippen LogP contribution in [0.5, 0.6) is 0 Å². The van der Waals surface area contributed by atoms with E-state index < -0.39 is 0 Å². The Morgan fingerprint density at radius 3 is 2.71 bits per heavy atom. The molecule has 2 heterocycles. The van der Waals surface area contributed by atoms with Gasteiger partial charge in [-0.15, -0.1) is 0 Å². The fourth-order valence-corrected chi connectivity index (χ4v) is 1.16. The highest BCUT2D eigenvalue weighted by Crippen LogP contribution is 2.22. The molecule has 2 aromatic rings. The van der Waals surface area contributed by atoms with Crippen LogP contribution in [0.1, 0.15) is 24.4 Å². The monoisotopic (exact) mass is 192 g/mol. The first-order valence-corrected chi connectivity index (χ1v) is 4.44. The van der Waals surface area contributed by atoms with Crippen LogP contribution in [0, 0.1) is 6.92 Å². The standard InChI is InChI=1S/C10H12N2O2/c1-6-3-4-9(14-6)10-12-8(5-13-10)7(2)11/h3-5,7H,11H2,1-2H3. The number of rotatable bonds is 2. The first-order chi connectivity index (χ1) is 6.66. The molecule has 0 aliphatic rings. The van der Waals surface area contributed by atoms with Crippen LogP contribution in [0.4, 0.5) is 0 Å². The van der Waals surface area contributed by atoms with Gasteiger partial charge in [-0.05, 0) is 26.0 Å². The summed E-state index contributed by atoms with van der Waals surface area (Å²) in [6.45, 7) is 3.73. The van der Waals surface area contributed by atoms with Crippen LogP contribution in [-0.4, -0.2) is 4.98 Å². The summed E-state index contributed by atoms with van der Waals surface area (Å²) >= 11 is 0. The Morgan fingerprint density at radius 1 is 1.43 bits per heavy atom. The fraction of sp³-hybridized carbons (Fsp3) is 0.300. The van der Waals surface area contributed by atoms with E-state index in [1.807, 2.05) is 26.0 Å². The second kappa shape index (κ2) is 3.31. The third-order valence-corrected chi connectivity index (χ3v) is 1.94. The lowest BCUT2D eigenvalue weighted by Crippen LogP contribution is -2.04. The van der Waals surface area contributed by atoms with Crippen molar-refractivity contribution < 1.29 is 8.83 Å². The Hall–Kier alpha value is -1.55. The summed E-state index contributed by atoms with van der Waals surface area (Å²) in [5.74, 6) is 1.94. The molecule has 0 spiro atoms. The van der Waals surface area contributed by atoms with Gasteiger partial charge >= 0.3 is 0 Å². The summed E-state index contributed by atoms with van der Waals surface area (Å²) in [7, 11) is 0. The van der Waals surface area contributed by atoms with Gasteiger partial charge in [-0.3, -0.25) is 0 Å². The lowest BCUT2D eigenvalue weighted by Gasteiger charge is -1.94. The minimum atomic E-state index is -0.122. The molecule has 2 rings (SSSR count). The molecule has 0 aliphatic heterocycles. The molecular formula is C10H12N2O2. The number of hydrogen-bond acceptors (Lipinski definition) is 4. The first-order valence-electron chi connectivity index (χ1n) is 4.44. The van der Waals surface area contributed by atoms with Gasteiger partial charge in [0.1, 0.15) is 12.0 Å². The van der Waals surface area contributed by atoms with Crippen molar-refractivity contribution in [2.45, 2.75) is 19.9 Å². The van der Waals surface area contributed by atoms with E-state index in [1.54, 1.807) is 6.26 Å². The molecule has 0 aromatic carbocycles. The summed E-state index contributed by atoms with van der Waals surface area (Å²) in [6, 6.07) is 3.57. The van der Waals surface area contributed by atoms with Gasteiger partial charge in [0.05, 0.1) is 5.69 Å². The molecule has 14 heavy (non-hydrogen) atoms. The molecule has 0 aliphatic carbocycles. The molecule has 74 valence electrons. The Bertz CT molecular complexity index is 429. The maximum absolute atomic E-state index is 5.66. The Kier molecular flexibility index (Phi) is 2.13. The van der Waals surface area contributed by atoms with Gasteiger partial charge in [-0.2, -0.15) is 0 Å². The summed E-state index contributed by atoms with van der Waals surface area (Å²) in [5.41, 5.74) is 6.39. The number of aryl methyl sites for hydroxylation is 1. The number of nitrogens with two attached hydrogens (primary N) is 1. The van der Waals surface area contributed by atoms with E-state index >= 15 is 0 Å². The van der Waals surface area contributed by atoms with Crippen LogP contribution < -0.4 is 5.73 Å². The number of aromatic nitrogens is 1. The Labute approximate surface area is 81.7 Å². The van der Waals surface area contributed by atoms with Gasteiger partial charge in [0.2, 0.25) is 0 Å². The van der Waals surface area contributed by atoms with Crippen molar-refractivity contribution in [3.8, 4) is 11.7 Å². The lowest BCUT2D eigenvalue weighted by atomic mass is 10.3. The van der Waals surface area contributed by atoms with E-state index in [1.165, 1.54) is 0 Å². The van der Waals surface area contributed by atoms with Crippen molar-refractivity contribution in [1.82, 2.24) is 4.98 Å². The van der Waals surface area contributed by atoms with E-state index in [4.69, 9.17) is 14.6 Å². The molecule has 1 unspecified atom stereocenters. The largest absolute Gasteiger partial charge is 0.456 e. The summed E-state index contributed by atoms with van der Waals surface area (Å²) in [4.78, 5) is 4.21. The van der Waals surface area contributed by atoms with E-state index in [0.29, 0.717) is 11.7 Å². The molecule has 4 heteroatoms. The van der Waals surface area contributed by atoms with E-state index in [-0.39, 0.29) is 6.04 Å². The van der Waals surface area contributed by atoms with Crippen molar-refractivity contribution >= 4 is 0 Å². The highest BCUT2D eigenvalue weighted by Gasteiger charge is 2.11. The third kappa shape index (κ3) is 1.56. The van der Waals surface area contributed by atoms with Gasteiger partial charge in [-0.25, -0.2) is 4.98 Å². The predicted octanol–water partition coefficient (Wildman–Crippen LogP) is 2.26. The lowest BCUT2D eigenvalue weighted by molar-refractivity contribution is 0.501.